The molecule has 0 aliphatic heterocycles. The Morgan fingerprint density at radius 3 is 3.00 bits per heavy atom. The molecule has 0 atom stereocenters. The summed E-state index contributed by atoms with van der Waals surface area (Å²) in [5.74, 6) is 0. The molecule has 0 aliphatic carbocycles. The van der Waals surface area contributed by atoms with Crippen molar-refractivity contribution < 1.29 is 0 Å². The second kappa shape index (κ2) is 2.59. The quantitative estimate of drug-likeness (QED) is 0.642. The maximum absolute atomic E-state index is 11.1. The zero-order valence-corrected chi connectivity index (χ0v) is 7.72. The third-order valence-corrected chi connectivity index (χ3v) is 3.63. The molecular formula is C7H3ClOS2. The van der Waals surface area contributed by atoms with Gasteiger partial charge in [-0.2, -0.15) is 0 Å². The smallest absolute Gasteiger partial charge is 0.188 e. The van der Waals surface area contributed by atoms with Gasteiger partial charge in [-0.25, -0.2) is 0 Å². The molecule has 0 N–H and O–H groups in total. The van der Waals surface area contributed by atoms with E-state index in [1.165, 1.54) is 11.3 Å². The molecular weight excluding hydrogens is 200 g/mol. The third-order valence-electron chi connectivity index (χ3n) is 1.33. The van der Waals surface area contributed by atoms with Crippen LogP contribution in [0.1, 0.15) is 0 Å². The Morgan fingerprint density at radius 1 is 1.45 bits per heavy atom. The van der Waals surface area contributed by atoms with Crippen molar-refractivity contribution in [3.05, 3.63) is 32.1 Å². The van der Waals surface area contributed by atoms with Crippen molar-refractivity contribution >= 4 is 43.7 Å². The van der Waals surface area contributed by atoms with Crippen LogP contribution >= 0.6 is 34.3 Å². The lowest BCUT2D eigenvalue weighted by molar-refractivity contribution is 1.77. The molecule has 0 spiro atoms. The van der Waals surface area contributed by atoms with Crippen LogP contribution in [0.5, 0.6) is 0 Å². The Bertz CT molecular complexity index is 443. The summed E-state index contributed by atoms with van der Waals surface area (Å²) in [4.78, 5) is 11.1. The van der Waals surface area contributed by atoms with Crippen LogP contribution in [0.25, 0.3) is 9.40 Å². The van der Waals surface area contributed by atoms with Crippen molar-refractivity contribution in [3.63, 3.8) is 0 Å². The van der Waals surface area contributed by atoms with Crippen LogP contribution in [0.15, 0.2) is 22.3 Å². The minimum absolute atomic E-state index is 0.0573. The van der Waals surface area contributed by atoms with Crippen LogP contribution in [0.2, 0.25) is 4.34 Å². The van der Waals surface area contributed by atoms with E-state index < -0.39 is 0 Å². The van der Waals surface area contributed by atoms with E-state index in [1.54, 1.807) is 28.8 Å². The van der Waals surface area contributed by atoms with E-state index >= 15 is 0 Å². The first-order valence-corrected chi connectivity index (χ1v) is 5.01. The van der Waals surface area contributed by atoms with Gasteiger partial charge in [-0.1, -0.05) is 11.6 Å². The highest BCUT2D eigenvalue weighted by Crippen LogP contribution is 2.29. The normalized spacial score (nSPS) is 10.6. The number of halogens is 1. The first-order valence-electron chi connectivity index (χ1n) is 2.94. The first kappa shape index (κ1) is 7.28. The van der Waals surface area contributed by atoms with Crippen molar-refractivity contribution in [1.29, 1.82) is 0 Å². The topological polar surface area (TPSA) is 17.1 Å². The largest absolute Gasteiger partial charge is 0.289 e. The summed E-state index contributed by atoms with van der Waals surface area (Å²) in [6, 6.07) is 3.29. The fraction of sp³-hybridized carbons (Fsp3) is 0. The van der Waals surface area contributed by atoms with Gasteiger partial charge in [0.05, 0.1) is 13.7 Å². The lowest BCUT2D eigenvalue weighted by Gasteiger charge is -1.80. The van der Waals surface area contributed by atoms with Crippen molar-refractivity contribution in [3.8, 4) is 0 Å². The van der Waals surface area contributed by atoms with Gasteiger partial charge < -0.3 is 0 Å². The van der Waals surface area contributed by atoms with Gasteiger partial charge in [0.1, 0.15) is 0 Å². The van der Waals surface area contributed by atoms with Crippen LogP contribution in [-0.4, -0.2) is 0 Å². The van der Waals surface area contributed by atoms with E-state index in [0.29, 0.717) is 4.34 Å². The minimum Gasteiger partial charge on any atom is -0.289 e. The third kappa shape index (κ3) is 1.20. The summed E-state index contributed by atoms with van der Waals surface area (Å²) in [5, 5.41) is 2.53. The Kier molecular flexibility index (Phi) is 1.71. The summed E-state index contributed by atoms with van der Waals surface area (Å²) in [5.41, 5.74) is 0.0573. The average molecular weight is 203 g/mol. The van der Waals surface area contributed by atoms with E-state index in [4.69, 9.17) is 11.6 Å². The number of fused-ring (bicyclic) bond motifs is 1. The van der Waals surface area contributed by atoms with Crippen molar-refractivity contribution in [1.82, 2.24) is 0 Å². The van der Waals surface area contributed by atoms with Gasteiger partial charge in [-0.15, -0.1) is 22.7 Å². The van der Waals surface area contributed by atoms with E-state index in [-0.39, 0.29) is 5.43 Å². The monoisotopic (exact) mass is 202 g/mol. The summed E-state index contributed by atoms with van der Waals surface area (Å²) in [7, 11) is 0. The van der Waals surface area contributed by atoms with Gasteiger partial charge in [-0.3, -0.25) is 4.79 Å². The summed E-state index contributed by atoms with van der Waals surface area (Å²) >= 11 is 8.74. The van der Waals surface area contributed by atoms with Crippen molar-refractivity contribution in [2.45, 2.75) is 0 Å². The molecule has 0 saturated heterocycles. The van der Waals surface area contributed by atoms with Gasteiger partial charge >= 0.3 is 0 Å². The van der Waals surface area contributed by atoms with Gasteiger partial charge in [0.25, 0.3) is 0 Å². The lowest BCUT2D eigenvalue weighted by Crippen LogP contribution is -1.93. The van der Waals surface area contributed by atoms with Crippen LogP contribution in [-0.2, 0) is 0 Å². The first-order chi connectivity index (χ1) is 5.27. The SMILES string of the molecule is O=c1ccsc2sc(Cl)cc12. The van der Waals surface area contributed by atoms with E-state index in [0.717, 1.165) is 9.40 Å². The van der Waals surface area contributed by atoms with E-state index in [2.05, 4.69) is 0 Å². The molecule has 2 aromatic heterocycles. The van der Waals surface area contributed by atoms with Crippen LogP contribution in [0.4, 0.5) is 0 Å². The highest BCUT2D eigenvalue weighted by atomic mass is 35.5. The Hall–Kier alpha value is -0.380. The predicted octanol–water partition coefficient (Wildman–Crippen LogP) is 2.98. The molecule has 11 heavy (non-hydrogen) atoms. The average Bonchev–Trinajstić information content (AvgIpc) is 2.31. The van der Waals surface area contributed by atoms with Gasteiger partial charge in [0, 0.05) is 0 Å². The molecule has 0 aromatic carbocycles. The van der Waals surface area contributed by atoms with Gasteiger partial charge in [-0.05, 0) is 17.5 Å². The van der Waals surface area contributed by atoms with Crippen LogP contribution < -0.4 is 5.43 Å². The maximum atomic E-state index is 11.1. The van der Waals surface area contributed by atoms with Gasteiger partial charge in [0.15, 0.2) is 5.43 Å². The zero-order valence-electron chi connectivity index (χ0n) is 5.33. The molecule has 0 fully saturated rings. The Morgan fingerprint density at radius 2 is 2.27 bits per heavy atom. The number of rotatable bonds is 0. The standard InChI is InChI=1S/C7H3ClOS2/c8-6-3-4-5(9)1-2-10-7(4)11-6/h1-3H. The van der Waals surface area contributed by atoms with Crippen molar-refractivity contribution in [2.75, 3.05) is 0 Å². The molecule has 0 aliphatic rings. The molecule has 0 radical (unpaired) electrons. The Balaban J connectivity index is 3.02. The van der Waals surface area contributed by atoms with Gasteiger partial charge in [0.2, 0.25) is 0 Å². The van der Waals surface area contributed by atoms with E-state index in [1.807, 2.05) is 0 Å². The fourth-order valence-corrected chi connectivity index (χ4v) is 3.18. The fourth-order valence-electron chi connectivity index (χ4n) is 0.852. The zero-order chi connectivity index (χ0) is 7.84. The maximum Gasteiger partial charge on any atom is 0.188 e. The highest BCUT2D eigenvalue weighted by Gasteiger charge is 2.01. The molecule has 0 bridgehead atoms. The Labute approximate surface area is 75.9 Å². The highest BCUT2D eigenvalue weighted by molar-refractivity contribution is 7.38. The lowest BCUT2D eigenvalue weighted by atomic mass is 10.4. The summed E-state index contributed by atoms with van der Waals surface area (Å²) in [6.07, 6.45) is 0. The summed E-state index contributed by atoms with van der Waals surface area (Å²) in [6.45, 7) is 0. The molecule has 56 valence electrons. The second-order valence-electron chi connectivity index (χ2n) is 2.04. The molecule has 0 unspecified atom stereocenters. The van der Waals surface area contributed by atoms with Crippen LogP contribution in [0, 0.1) is 0 Å². The number of hydrogen-bond acceptors (Lipinski definition) is 3. The molecule has 0 saturated carbocycles. The van der Waals surface area contributed by atoms with Crippen molar-refractivity contribution in [2.24, 2.45) is 0 Å². The number of thiophene rings is 1. The predicted molar refractivity (Wildman–Crippen MR) is 51.0 cm³/mol. The van der Waals surface area contributed by atoms with Crippen LogP contribution in [0.3, 0.4) is 0 Å². The van der Waals surface area contributed by atoms with E-state index in [9.17, 15) is 4.79 Å². The molecule has 2 heterocycles. The molecule has 2 rings (SSSR count). The number of hydrogen-bond donors (Lipinski definition) is 0. The summed E-state index contributed by atoms with van der Waals surface area (Å²) < 4.78 is 1.68. The molecule has 0 amide bonds. The molecule has 2 aromatic rings. The minimum atomic E-state index is 0.0573. The second-order valence-corrected chi connectivity index (χ2v) is 4.89. The molecule has 1 nitrogen and oxygen atoms in total. The molecule has 4 heteroatoms.